The average molecular weight is 438 g/mol. The minimum Gasteiger partial charge on any atom is -0.406 e. The van der Waals surface area contributed by atoms with Crippen molar-refractivity contribution >= 4 is 21.5 Å². The van der Waals surface area contributed by atoms with Gasteiger partial charge in [-0.15, -0.1) is 13.2 Å². The molecular weight excluding hydrogens is 421 g/mol. The summed E-state index contributed by atoms with van der Waals surface area (Å²) >= 11 is 0. The number of hydrogen-bond donors (Lipinski definition) is 2. The minimum atomic E-state index is -4.76. The molecule has 2 aromatic carbocycles. The van der Waals surface area contributed by atoms with Crippen molar-refractivity contribution in [3.8, 4) is 17.0 Å². The largest absolute Gasteiger partial charge is 0.573 e. The summed E-state index contributed by atoms with van der Waals surface area (Å²) in [5.41, 5.74) is 3.09. The summed E-state index contributed by atoms with van der Waals surface area (Å²) in [5.74, 6) is 0.109. The van der Waals surface area contributed by atoms with Crippen molar-refractivity contribution in [3.05, 3.63) is 59.9 Å². The molecule has 1 aromatic heterocycles. The summed E-state index contributed by atoms with van der Waals surface area (Å²) < 4.78 is 63.7. The zero-order valence-corrected chi connectivity index (χ0v) is 16.7. The predicted molar refractivity (Wildman–Crippen MR) is 105 cm³/mol. The van der Waals surface area contributed by atoms with Crippen LogP contribution < -0.4 is 15.2 Å². The summed E-state index contributed by atoms with van der Waals surface area (Å²) in [6.07, 6.45) is -3.43. The van der Waals surface area contributed by atoms with Crippen molar-refractivity contribution in [1.29, 1.82) is 0 Å². The van der Waals surface area contributed by atoms with E-state index in [0.717, 1.165) is 0 Å². The van der Waals surface area contributed by atoms with Crippen LogP contribution in [0.3, 0.4) is 0 Å². The van der Waals surface area contributed by atoms with Crippen LogP contribution in [0.5, 0.6) is 5.75 Å². The van der Waals surface area contributed by atoms with E-state index in [9.17, 15) is 21.6 Å². The lowest BCUT2D eigenvalue weighted by Gasteiger charge is -2.14. The van der Waals surface area contributed by atoms with Crippen molar-refractivity contribution < 1.29 is 26.3 Å². The molecule has 7 nitrogen and oxygen atoms in total. The van der Waals surface area contributed by atoms with E-state index in [2.05, 4.69) is 20.0 Å². The summed E-state index contributed by atoms with van der Waals surface area (Å²) in [7, 11) is -3.82. The van der Waals surface area contributed by atoms with Gasteiger partial charge in [-0.05, 0) is 55.8 Å². The number of rotatable bonds is 5. The minimum absolute atomic E-state index is 0.00465. The number of halogens is 3. The lowest BCUT2D eigenvalue weighted by atomic mass is 10.0. The number of aryl methyl sites for hydroxylation is 1. The van der Waals surface area contributed by atoms with Crippen LogP contribution >= 0.6 is 0 Å². The van der Waals surface area contributed by atoms with E-state index in [-0.39, 0.29) is 10.6 Å². The first kappa shape index (κ1) is 21.5. The van der Waals surface area contributed by atoms with Gasteiger partial charge >= 0.3 is 6.36 Å². The van der Waals surface area contributed by atoms with Gasteiger partial charge in [0.2, 0.25) is 10.0 Å². The van der Waals surface area contributed by atoms with Gasteiger partial charge in [-0.2, -0.15) is 0 Å². The fourth-order valence-corrected chi connectivity index (χ4v) is 3.40. The maximum atomic E-state index is 12.3. The second-order valence-electron chi connectivity index (χ2n) is 6.41. The van der Waals surface area contributed by atoms with Gasteiger partial charge in [0, 0.05) is 16.8 Å². The third-order valence-electron chi connectivity index (χ3n) is 4.22. The first-order valence-corrected chi connectivity index (χ1v) is 10.1. The van der Waals surface area contributed by atoms with Crippen LogP contribution in [0.15, 0.2) is 53.7 Å². The molecule has 0 unspecified atom stereocenters. The molecule has 0 radical (unpaired) electrons. The van der Waals surface area contributed by atoms with E-state index in [0.29, 0.717) is 33.9 Å². The SMILES string of the molecule is Cc1cc(S(N)(=O)=O)ccc1-c1ncnc(Nc2ccc(OC(F)(F)F)cc2)c1C. The number of anilines is 2. The summed E-state index contributed by atoms with van der Waals surface area (Å²) in [4.78, 5) is 8.46. The van der Waals surface area contributed by atoms with Gasteiger partial charge in [0.1, 0.15) is 17.9 Å². The van der Waals surface area contributed by atoms with Crippen molar-refractivity contribution in [3.63, 3.8) is 0 Å². The molecule has 0 bridgehead atoms. The molecule has 3 aromatic rings. The van der Waals surface area contributed by atoms with Gasteiger partial charge in [0.15, 0.2) is 0 Å². The highest BCUT2D eigenvalue weighted by molar-refractivity contribution is 7.89. The number of ether oxygens (including phenoxy) is 1. The molecule has 0 aliphatic heterocycles. The summed E-state index contributed by atoms with van der Waals surface area (Å²) in [5, 5.41) is 8.19. The Balaban J connectivity index is 1.89. The molecule has 0 atom stereocenters. The Morgan fingerprint density at radius 2 is 1.70 bits per heavy atom. The number of nitrogens with one attached hydrogen (secondary N) is 1. The molecule has 158 valence electrons. The number of hydrogen-bond acceptors (Lipinski definition) is 6. The van der Waals surface area contributed by atoms with Gasteiger partial charge in [-0.1, -0.05) is 6.07 Å². The van der Waals surface area contributed by atoms with Crippen LogP contribution in [0.25, 0.3) is 11.3 Å². The molecule has 0 spiro atoms. The lowest BCUT2D eigenvalue weighted by Crippen LogP contribution is -2.17. The normalized spacial score (nSPS) is 11.9. The molecule has 0 saturated carbocycles. The molecule has 3 N–H and O–H groups in total. The number of nitrogens with two attached hydrogens (primary N) is 1. The number of alkyl halides is 3. The number of sulfonamides is 1. The quantitative estimate of drug-likeness (QED) is 0.622. The third kappa shape index (κ3) is 5.05. The highest BCUT2D eigenvalue weighted by Gasteiger charge is 2.31. The average Bonchev–Trinajstić information content (AvgIpc) is 2.63. The Kier molecular flexibility index (Phi) is 5.68. The van der Waals surface area contributed by atoms with E-state index in [1.807, 2.05) is 0 Å². The third-order valence-corrected chi connectivity index (χ3v) is 5.13. The fraction of sp³-hybridized carbons (Fsp3) is 0.158. The molecule has 3 rings (SSSR count). The maximum absolute atomic E-state index is 12.3. The van der Waals surface area contributed by atoms with Gasteiger partial charge in [0.25, 0.3) is 0 Å². The van der Waals surface area contributed by atoms with Crippen molar-refractivity contribution in [2.75, 3.05) is 5.32 Å². The molecule has 11 heteroatoms. The zero-order chi connectivity index (χ0) is 22.1. The molecule has 0 saturated heterocycles. The molecular formula is C19H17F3N4O3S. The Bertz CT molecular complexity index is 1180. The number of benzene rings is 2. The van der Waals surface area contributed by atoms with Gasteiger partial charge in [-0.3, -0.25) is 0 Å². The standard InChI is InChI=1S/C19H17F3N4O3S/c1-11-9-15(30(23,27)28)7-8-16(11)17-12(2)18(25-10-24-17)26-13-3-5-14(6-4-13)29-19(20,21)22/h3-10H,1-2H3,(H2,23,27,28)(H,24,25,26). The Hall–Kier alpha value is -3.18. The Morgan fingerprint density at radius 1 is 1.03 bits per heavy atom. The number of nitrogens with zero attached hydrogens (tertiary/aromatic N) is 2. The van der Waals surface area contributed by atoms with Crippen molar-refractivity contribution in [2.45, 2.75) is 25.1 Å². The van der Waals surface area contributed by atoms with Gasteiger partial charge in [-0.25, -0.2) is 23.5 Å². The first-order valence-electron chi connectivity index (χ1n) is 8.52. The molecule has 0 aliphatic rings. The topological polar surface area (TPSA) is 107 Å². The van der Waals surface area contributed by atoms with Crippen LogP contribution in [-0.2, 0) is 10.0 Å². The van der Waals surface area contributed by atoms with Crippen LogP contribution in [-0.4, -0.2) is 24.7 Å². The number of primary sulfonamides is 1. The van der Waals surface area contributed by atoms with Crippen LogP contribution in [0.2, 0.25) is 0 Å². The molecule has 1 heterocycles. The van der Waals surface area contributed by atoms with Crippen LogP contribution in [0, 0.1) is 13.8 Å². The van der Waals surface area contributed by atoms with E-state index < -0.39 is 16.4 Å². The Morgan fingerprint density at radius 3 is 2.27 bits per heavy atom. The fourth-order valence-electron chi connectivity index (χ4n) is 2.80. The number of aromatic nitrogens is 2. The Labute approximate surface area is 170 Å². The summed E-state index contributed by atoms with van der Waals surface area (Å²) in [6.45, 7) is 3.50. The maximum Gasteiger partial charge on any atom is 0.573 e. The van der Waals surface area contributed by atoms with E-state index in [1.165, 1.54) is 42.7 Å². The van der Waals surface area contributed by atoms with E-state index >= 15 is 0 Å². The zero-order valence-electron chi connectivity index (χ0n) is 15.9. The summed E-state index contributed by atoms with van der Waals surface area (Å²) in [6, 6.07) is 9.68. The smallest absolute Gasteiger partial charge is 0.406 e. The lowest BCUT2D eigenvalue weighted by molar-refractivity contribution is -0.274. The highest BCUT2D eigenvalue weighted by Crippen LogP contribution is 2.31. The second kappa shape index (κ2) is 7.92. The van der Waals surface area contributed by atoms with Gasteiger partial charge in [0.05, 0.1) is 10.6 Å². The van der Waals surface area contributed by atoms with Crippen molar-refractivity contribution in [1.82, 2.24) is 9.97 Å². The molecule has 0 fully saturated rings. The first-order chi connectivity index (χ1) is 13.9. The van der Waals surface area contributed by atoms with Crippen molar-refractivity contribution in [2.24, 2.45) is 5.14 Å². The van der Waals surface area contributed by atoms with E-state index in [1.54, 1.807) is 19.9 Å². The predicted octanol–water partition coefficient (Wildman–Crippen LogP) is 4.05. The van der Waals surface area contributed by atoms with Crippen LogP contribution in [0.1, 0.15) is 11.1 Å². The molecule has 30 heavy (non-hydrogen) atoms. The second-order valence-corrected chi connectivity index (χ2v) is 7.98. The van der Waals surface area contributed by atoms with E-state index in [4.69, 9.17) is 5.14 Å². The van der Waals surface area contributed by atoms with Gasteiger partial charge < -0.3 is 10.1 Å². The molecule has 0 amide bonds. The molecule has 0 aliphatic carbocycles. The highest BCUT2D eigenvalue weighted by atomic mass is 32.2. The monoisotopic (exact) mass is 438 g/mol. The van der Waals surface area contributed by atoms with Crippen LogP contribution in [0.4, 0.5) is 24.7 Å².